The van der Waals surface area contributed by atoms with E-state index >= 15 is 0 Å². The Hall–Kier alpha value is -1.51. The number of ether oxygens (including phenoxy) is 2. The number of aliphatic hydroxyl groups excluding tert-OH is 1. The van der Waals surface area contributed by atoms with Crippen molar-refractivity contribution in [2.45, 2.75) is 76.7 Å². The van der Waals surface area contributed by atoms with E-state index in [1.807, 2.05) is 10.9 Å². The molecule has 2 fully saturated rings. The fourth-order valence-electron chi connectivity index (χ4n) is 3.73. The Balaban J connectivity index is 1.46. The molecule has 0 bridgehead atoms. The molecule has 0 saturated carbocycles. The van der Waals surface area contributed by atoms with Gasteiger partial charge in [-0.2, -0.15) is 0 Å². The van der Waals surface area contributed by atoms with Crippen molar-refractivity contribution in [1.82, 2.24) is 20.3 Å². The predicted molar refractivity (Wildman–Crippen MR) is 99.2 cm³/mol. The van der Waals surface area contributed by atoms with Gasteiger partial charge < -0.3 is 19.9 Å². The molecule has 3 rings (SSSR count). The fraction of sp³-hybridized carbons (Fsp3) is 0.842. The molecule has 1 aromatic rings. The van der Waals surface area contributed by atoms with E-state index in [4.69, 9.17) is 9.47 Å². The molecule has 2 aliphatic rings. The van der Waals surface area contributed by atoms with E-state index in [1.54, 1.807) is 0 Å². The number of nitrogens with zero attached hydrogens (tertiary/aromatic N) is 3. The second kappa shape index (κ2) is 9.61. The molecule has 0 unspecified atom stereocenters. The molecule has 2 saturated heterocycles. The number of aromatic nitrogens is 3. The molecule has 27 heavy (non-hydrogen) atoms. The number of hydrogen-bond donors (Lipinski definition) is 2. The average Bonchev–Trinajstić information content (AvgIpc) is 3.17. The molecule has 8 heteroatoms. The summed E-state index contributed by atoms with van der Waals surface area (Å²) in [4.78, 5) is 12.5. The molecule has 0 aromatic carbocycles. The lowest BCUT2D eigenvalue weighted by molar-refractivity contribution is -0.134. The Morgan fingerprint density at radius 1 is 1.33 bits per heavy atom. The lowest BCUT2D eigenvalue weighted by atomic mass is 9.94. The molecule has 152 valence electrons. The van der Waals surface area contributed by atoms with Gasteiger partial charge in [-0.05, 0) is 38.0 Å². The van der Waals surface area contributed by atoms with Crippen LogP contribution in [0.15, 0.2) is 6.20 Å². The molecular formula is C19H32N4O4. The lowest BCUT2D eigenvalue weighted by Crippen LogP contribution is -2.52. The van der Waals surface area contributed by atoms with Gasteiger partial charge in [0.15, 0.2) is 0 Å². The van der Waals surface area contributed by atoms with Gasteiger partial charge in [-0.1, -0.05) is 19.1 Å². The van der Waals surface area contributed by atoms with Crippen LogP contribution in [0.2, 0.25) is 0 Å². The first-order valence-electron chi connectivity index (χ1n) is 10.1. The zero-order valence-corrected chi connectivity index (χ0v) is 16.3. The maximum atomic E-state index is 12.5. The summed E-state index contributed by atoms with van der Waals surface area (Å²) < 4.78 is 13.2. The summed E-state index contributed by atoms with van der Waals surface area (Å²) in [5.41, 5.74) is 0.990. The zero-order valence-electron chi connectivity index (χ0n) is 16.3. The standard InChI is InChI=1S/C19H32N4O4/c1-13(2)17-11-23(22-21-17)8-5-15-3-4-16(18(12-24)27-15)20-19(25)14-6-9-26-10-7-14/h11,13-16,18,24H,3-10,12H2,1-2H3,(H,20,25)/t15-,16+,18+/m1/s1. The number of nitrogens with one attached hydrogen (secondary N) is 1. The van der Waals surface area contributed by atoms with Crippen molar-refractivity contribution >= 4 is 5.91 Å². The SMILES string of the molecule is CC(C)c1cn(CC[C@H]2CC[C@H](NC(=O)C3CCOCC3)[C@H](CO)O2)nn1. The van der Waals surface area contributed by atoms with Crippen LogP contribution < -0.4 is 5.32 Å². The van der Waals surface area contributed by atoms with E-state index in [1.165, 1.54) is 0 Å². The Labute approximate surface area is 160 Å². The first-order chi connectivity index (χ1) is 13.1. The van der Waals surface area contributed by atoms with Gasteiger partial charge in [-0.15, -0.1) is 5.10 Å². The van der Waals surface area contributed by atoms with Crippen molar-refractivity contribution in [3.63, 3.8) is 0 Å². The number of carbonyl (C=O) groups excluding carboxylic acids is 1. The van der Waals surface area contributed by atoms with Crippen molar-refractivity contribution in [2.24, 2.45) is 5.92 Å². The van der Waals surface area contributed by atoms with E-state index in [-0.39, 0.29) is 36.7 Å². The summed E-state index contributed by atoms with van der Waals surface area (Å²) in [6, 6.07) is -0.125. The van der Waals surface area contributed by atoms with Crippen LogP contribution in [0.25, 0.3) is 0 Å². The number of aliphatic hydroxyl groups is 1. The predicted octanol–water partition coefficient (Wildman–Crippen LogP) is 1.24. The van der Waals surface area contributed by atoms with Crippen LogP contribution in [0.3, 0.4) is 0 Å². The summed E-state index contributed by atoms with van der Waals surface area (Å²) in [6.45, 7) is 6.13. The minimum Gasteiger partial charge on any atom is -0.394 e. The molecule has 2 aliphatic heterocycles. The highest BCUT2D eigenvalue weighted by atomic mass is 16.5. The van der Waals surface area contributed by atoms with Gasteiger partial charge in [-0.3, -0.25) is 9.48 Å². The number of aryl methyl sites for hydroxylation is 1. The van der Waals surface area contributed by atoms with Gasteiger partial charge in [-0.25, -0.2) is 0 Å². The van der Waals surface area contributed by atoms with Gasteiger partial charge in [0.1, 0.15) is 6.10 Å². The van der Waals surface area contributed by atoms with Crippen LogP contribution in [-0.4, -0.2) is 64.1 Å². The van der Waals surface area contributed by atoms with E-state index < -0.39 is 0 Å². The quantitative estimate of drug-likeness (QED) is 0.739. The van der Waals surface area contributed by atoms with Gasteiger partial charge in [0.2, 0.25) is 5.91 Å². The average molecular weight is 380 g/mol. The minimum absolute atomic E-state index is 0.0123. The largest absolute Gasteiger partial charge is 0.394 e. The van der Waals surface area contributed by atoms with Gasteiger partial charge in [0, 0.05) is 31.9 Å². The van der Waals surface area contributed by atoms with Crippen molar-refractivity contribution in [1.29, 1.82) is 0 Å². The highest BCUT2D eigenvalue weighted by molar-refractivity contribution is 5.79. The van der Waals surface area contributed by atoms with Crippen LogP contribution in [0.1, 0.15) is 57.6 Å². The minimum atomic E-state index is -0.352. The summed E-state index contributed by atoms with van der Waals surface area (Å²) in [5.74, 6) is 0.439. The van der Waals surface area contributed by atoms with Crippen molar-refractivity contribution in [3.8, 4) is 0 Å². The lowest BCUT2D eigenvalue weighted by Gasteiger charge is -2.37. The first kappa shape index (κ1) is 20.2. The van der Waals surface area contributed by atoms with Crippen molar-refractivity contribution in [3.05, 3.63) is 11.9 Å². The Morgan fingerprint density at radius 3 is 2.78 bits per heavy atom. The van der Waals surface area contributed by atoms with Crippen molar-refractivity contribution < 1.29 is 19.4 Å². The van der Waals surface area contributed by atoms with E-state index in [0.29, 0.717) is 19.1 Å². The number of carbonyl (C=O) groups is 1. The Bertz CT molecular complexity index is 600. The van der Waals surface area contributed by atoms with Gasteiger partial charge in [0.25, 0.3) is 0 Å². The second-order valence-corrected chi connectivity index (χ2v) is 7.91. The van der Waals surface area contributed by atoms with Crippen LogP contribution >= 0.6 is 0 Å². The molecule has 2 N–H and O–H groups in total. The molecule has 3 atom stereocenters. The monoisotopic (exact) mass is 380 g/mol. The molecule has 0 spiro atoms. The van der Waals surface area contributed by atoms with E-state index in [2.05, 4.69) is 29.5 Å². The second-order valence-electron chi connectivity index (χ2n) is 7.91. The number of rotatable bonds is 7. The Morgan fingerprint density at radius 2 is 2.11 bits per heavy atom. The third kappa shape index (κ3) is 5.49. The van der Waals surface area contributed by atoms with Crippen LogP contribution in [-0.2, 0) is 20.8 Å². The van der Waals surface area contributed by atoms with Crippen LogP contribution in [0.4, 0.5) is 0 Å². The molecular weight excluding hydrogens is 348 g/mol. The molecule has 0 aliphatic carbocycles. The maximum absolute atomic E-state index is 12.5. The number of amides is 1. The molecule has 1 aromatic heterocycles. The van der Waals surface area contributed by atoms with Gasteiger partial charge >= 0.3 is 0 Å². The molecule has 1 amide bonds. The summed E-state index contributed by atoms with van der Waals surface area (Å²) in [5, 5.41) is 21.2. The first-order valence-corrected chi connectivity index (χ1v) is 10.1. The van der Waals surface area contributed by atoms with Gasteiger partial charge in [0.05, 0.1) is 24.4 Å². The topological polar surface area (TPSA) is 98.5 Å². The smallest absolute Gasteiger partial charge is 0.223 e. The third-order valence-corrected chi connectivity index (χ3v) is 5.54. The summed E-state index contributed by atoms with van der Waals surface area (Å²) in [6.07, 6.45) is 5.72. The van der Waals surface area contributed by atoms with Crippen LogP contribution in [0.5, 0.6) is 0 Å². The van der Waals surface area contributed by atoms with E-state index in [0.717, 1.165) is 44.3 Å². The molecule has 0 radical (unpaired) electrons. The third-order valence-electron chi connectivity index (χ3n) is 5.54. The summed E-state index contributed by atoms with van der Waals surface area (Å²) in [7, 11) is 0. The molecule has 3 heterocycles. The normalized spacial score (nSPS) is 27.0. The fourth-order valence-corrected chi connectivity index (χ4v) is 3.73. The molecule has 8 nitrogen and oxygen atoms in total. The summed E-state index contributed by atoms with van der Waals surface area (Å²) >= 11 is 0. The highest BCUT2D eigenvalue weighted by Crippen LogP contribution is 2.24. The van der Waals surface area contributed by atoms with Crippen LogP contribution in [0, 0.1) is 5.92 Å². The Kier molecular flexibility index (Phi) is 7.20. The maximum Gasteiger partial charge on any atom is 0.223 e. The van der Waals surface area contributed by atoms with Crippen molar-refractivity contribution in [2.75, 3.05) is 19.8 Å². The zero-order chi connectivity index (χ0) is 19.2. The highest BCUT2D eigenvalue weighted by Gasteiger charge is 2.33. The van der Waals surface area contributed by atoms with E-state index in [9.17, 15) is 9.90 Å². The number of hydrogen-bond acceptors (Lipinski definition) is 6.